The van der Waals surface area contributed by atoms with E-state index >= 15 is 0 Å². The maximum atomic E-state index is 5.76. The zero-order valence-electron chi connectivity index (χ0n) is 19.6. The zero-order valence-corrected chi connectivity index (χ0v) is 19.6. The zero-order chi connectivity index (χ0) is 22.6. The van der Waals surface area contributed by atoms with E-state index in [1.165, 1.54) is 25.7 Å². The van der Waals surface area contributed by atoms with Gasteiger partial charge in [-0.2, -0.15) is 5.10 Å². The van der Waals surface area contributed by atoms with Gasteiger partial charge in [-0.3, -0.25) is 5.43 Å². The molecule has 2 aromatic carbocycles. The van der Waals surface area contributed by atoms with Crippen molar-refractivity contribution < 1.29 is 13.9 Å². The molecule has 1 aliphatic heterocycles. The van der Waals surface area contributed by atoms with Gasteiger partial charge < -0.3 is 18.8 Å². The Morgan fingerprint density at radius 1 is 1.09 bits per heavy atom. The summed E-state index contributed by atoms with van der Waals surface area (Å²) in [5, 5.41) is 6.13. The Balaban J connectivity index is 1.43. The van der Waals surface area contributed by atoms with E-state index in [1.807, 2.05) is 18.4 Å². The van der Waals surface area contributed by atoms with Crippen LogP contribution >= 0.6 is 0 Å². The second-order valence-electron chi connectivity index (χ2n) is 9.79. The van der Waals surface area contributed by atoms with Gasteiger partial charge >= 0.3 is 0 Å². The normalized spacial score (nSPS) is 26.0. The molecule has 3 fully saturated rings. The topological polar surface area (TPSA) is 59.2 Å². The van der Waals surface area contributed by atoms with Crippen molar-refractivity contribution in [2.24, 2.45) is 16.9 Å². The lowest BCUT2D eigenvalue weighted by atomic mass is 9.63. The van der Waals surface area contributed by atoms with Gasteiger partial charge in [0.15, 0.2) is 5.84 Å². The van der Waals surface area contributed by atoms with Crippen LogP contribution in [0.2, 0.25) is 0 Å². The number of rotatable bonds is 5. The molecule has 3 saturated carbocycles. The van der Waals surface area contributed by atoms with E-state index in [0.717, 1.165) is 63.9 Å². The number of aryl methyl sites for hydroxylation is 1. The minimum absolute atomic E-state index is 0.137. The molecule has 1 atom stereocenters. The van der Waals surface area contributed by atoms with Crippen molar-refractivity contribution in [3.63, 3.8) is 0 Å². The number of methoxy groups -OCH3 is 2. The van der Waals surface area contributed by atoms with Gasteiger partial charge in [0.2, 0.25) is 0 Å². The Bertz CT molecular complexity index is 1220. The monoisotopic (exact) mass is 445 g/mol. The fourth-order valence-electron chi connectivity index (χ4n) is 6.26. The first-order valence-electron chi connectivity index (χ1n) is 11.9. The number of hydrogen-bond donors (Lipinski definition) is 1. The first-order chi connectivity index (χ1) is 16.1. The molecule has 6 heteroatoms. The molecule has 2 bridgehead atoms. The average molecular weight is 446 g/mol. The molecule has 0 unspecified atom stereocenters. The summed E-state index contributed by atoms with van der Waals surface area (Å²) in [7, 11) is 3.41. The predicted octanol–water partition coefficient (Wildman–Crippen LogP) is 5.43. The molecule has 4 aliphatic rings. The van der Waals surface area contributed by atoms with E-state index in [-0.39, 0.29) is 5.66 Å². The standard InChI is InChI=1S/C27H31N3O3/c1-17-16-33-24-11-7-19(12-23(17)24)26-28-29-27(14-18-4-8-21(27)9-5-18)30(26)15-20-6-10-22(31-2)13-25(20)32-3/h6-7,10-13,16,18,21,29H,4-5,8-9,14-15H2,1-3H3/t18?,21?,27-/m0/s1. The average Bonchev–Trinajstić information content (AvgIpc) is 3.40. The number of benzene rings is 2. The molecule has 1 spiro atoms. The van der Waals surface area contributed by atoms with Gasteiger partial charge in [-0.15, -0.1) is 0 Å². The van der Waals surface area contributed by atoms with Crippen LogP contribution in [0.3, 0.4) is 0 Å². The highest BCUT2D eigenvalue weighted by Crippen LogP contribution is 2.51. The number of amidine groups is 1. The Labute approximate surface area is 194 Å². The summed E-state index contributed by atoms with van der Waals surface area (Å²) >= 11 is 0. The van der Waals surface area contributed by atoms with Crippen LogP contribution in [-0.2, 0) is 6.54 Å². The predicted molar refractivity (Wildman–Crippen MR) is 129 cm³/mol. The largest absolute Gasteiger partial charge is 0.497 e. The number of hydrogen-bond acceptors (Lipinski definition) is 6. The van der Waals surface area contributed by atoms with Crippen LogP contribution in [0.25, 0.3) is 11.0 Å². The van der Waals surface area contributed by atoms with Crippen LogP contribution in [-0.4, -0.2) is 30.6 Å². The molecule has 3 aromatic rings. The minimum atomic E-state index is -0.137. The summed E-state index contributed by atoms with van der Waals surface area (Å²) in [6.07, 6.45) is 8.15. The van der Waals surface area contributed by atoms with E-state index in [2.05, 4.69) is 41.5 Å². The van der Waals surface area contributed by atoms with Crippen molar-refractivity contribution >= 4 is 16.8 Å². The van der Waals surface area contributed by atoms with Crippen LogP contribution in [0.4, 0.5) is 0 Å². The van der Waals surface area contributed by atoms with Crippen LogP contribution in [0.5, 0.6) is 11.5 Å². The van der Waals surface area contributed by atoms with Crippen LogP contribution in [0.1, 0.15) is 48.8 Å². The van der Waals surface area contributed by atoms with E-state index in [9.17, 15) is 0 Å². The summed E-state index contributed by atoms with van der Waals surface area (Å²) in [6, 6.07) is 12.5. The fraction of sp³-hybridized carbons (Fsp3) is 0.444. The van der Waals surface area contributed by atoms with Crippen LogP contribution < -0.4 is 14.9 Å². The molecule has 3 aliphatic carbocycles. The van der Waals surface area contributed by atoms with Crippen LogP contribution in [0, 0.1) is 18.8 Å². The van der Waals surface area contributed by atoms with Gasteiger partial charge in [0.05, 0.1) is 27.0 Å². The van der Waals surface area contributed by atoms with Crippen molar-refractivity contribution in [1.29, 1.82) is 0 Å². The molecule has 33 heavy (non-hydrogen) atoms. The van der Waals surface area contributed by atoms with Crippen LogP contribution in [0.15, 0.2) is 52.2 Å². The molecule has 0 saturated heterocycles. The summed E-state index contributed by atoms with van der Waals surface area (Å²) in [6.45, 7) is 2.82. The van der Waals surface area contributed by atoms with Gasteiger partial charge in [0, 0.05) is 28.5 Å². The van der Waals surface area contributed by atoms with E-state index < -0.39 is 0 Å². The molecule has 7 rings (SSSR count). The molecule has 172 valence electrons. The lowest BCUT2D eigenvalue weighted by Gasteiger charge is -2.54. The van der Waals surface area contributed by atoms with Crippen molar-refractivity contribution in [2.45, 2.75) is 51.2 Å². The van der Waals surface area contributed by atoms with E-state index in [1.54, 1.807) is 14.2 Å². The molecular formula is C27H31N3O3. The first-order valence-corrected chi connectivity index (χ1v) is 11.9. The maximum Gasteiger partial charge on any atom is 0.158 e. The number of hydrazone groups is 1. The highest BCUT2D eigenvalue weighted by molar-refractivity contribution is 6.03. The smallest absolute Gasteiger partial charge is 0.158 e. The minimum Gasteiger partial charge on any atom is -0.497 e. The second kappa shape index (κ2) is 7.72. The Morgan fingerprint density at radius 3 is 2.67 bits per heavy atom. The van der Waals surface area contributed by atoms with Gasteiger partial charge in [-0.25, -0.2) is 0 Å². The first kappa shape index (κ1) is 20.5. The molecule has 1 N–H and O–H groups in total. The molecule has 6 nitrogen and oxygen atoms in total. The number of nitrogens with one attached hydrogen (secondary N) is 1. The van der Waals surface area contributed by atoms with E-state index in [0.29, 0.717) is 5.92 Å². The van der Waals surface area contributed by atoms with Gasteiger partial charge in [-0.1, -0.05) is 0 Å². The maximum absolute atomic E-state index is 5.76. The number of fused-ring (bicyclic) bond motifs is 3. The van der Waals surface area contributed by atoms with Gasteiger partial charge in [0.25, 0.3) is 0 Å². The third-order valence-corrected chi connectivity index (χ3v) is 8.06. The lowest BCUT2D eigenvalue weighted by Crippen LogP contribution is -2.63. The molecule has 1 aromatic heterocycles. The quantitative estimate of drug-likeness (QED) is 0.567. The Hall–Kier alpha value is -3.15. The lowest BCUT2D eigenvalue weighted by molar-refractivity contribution is -0.0333. The number of furan rings is 1. The molecule has 0 amide bonds. The van der Waals surface area contributed by atoms with Crippen molar-refractivity contribution in [3.05, 3.63) is 59.4 Å². The van der Waals surface area contributed by atoms with Gasteiger partial charge in [0.1, 0.15) is 22.7 Å². The summed E-state index contributed by atoms with van der Waals surface area (Å²) < 4.78 is 16.9. The van der Waals surface area contributed by atoms with E-state index in [4.69, 9.17) is 19.0 Å². The number of nitrogens with zero attached hydrogens (tertiary/aromatic N) is 2. The molecular weight excluding hydrogens is 414 g/mol. The fourth-order valence-corrected chi connectivity index (χ4v) is 6.26. The highest BCUT2D eigenvalue weighted by Gasteiger charge is 2.54. The summed E-state index contributed by atoms with van der Waals surface area (Å²) in [4.78, 5) is 2.52. The number of ether oxygens (including phenoxy) is 2. The van der Waals surface area contributed by atoms with Crippen molar-refractivity contribution in [1.82, 2.24) is 10.3 Å². The highest BCUT2D eigenvalue weighted by atomic mass is 16.5. The third-order valence-electron chi connectivity index (χ3n) is 8.06. The Kier molecular flexibility index (Phi) is 4.78. The summed E-state index contributed by atoms with van der Waals surface area (Å²) in [5.74, 6) is 4.00. The van der Waals surface area contributed by atoms with Gasteiger partial charge in [-0.05, 0) is 80.8 Å². The molecule has 0 radical (unpaired) electrons. The second-order valence-corrected chi connectivity index (χ2v) is 9.79. The van der Waals surface area contributed by atoms with Crippen molar-refractivity contribution in [3.8, 4) is 11.5 Å². The van der Waals surface area contributed by atoms with Crippen molar-refractivity contribution in [2.75, 3.05) is 14.2 Å². The SMILES string of the molecule is COc1ccc(CN2C(c3ccc4occ(C)c4c3)=NN[C@@]23CC2CCC3CC2)c(OC)c1. The third kappa shape index (κ3) is 3.18. The Morgan fingerprint density at radius 2 is 1.94 bits per heavy atom. The summed E-state index contributed by atoms with van der Waals surface area (Å²) in [5.41, 5.74) is 7.84. The molecule has 2 heterocycles.